The SMILES string of the molecule is CCc1cc(NCc2cc(C)c(C)cc2OC)c(O)cc1C. The van der Waals surface area contributed by atoms with E-state index in [-0.39, 0.29) is 5.75 Å². The standard InChI is InChI=1S/C19H25NO2/c1-6-15-10-17(18(21)8-14(15)4)20-11-16-7-12(2)13(3)9-19(16)22-5/h7-10,20-21H,6,11H2,1-5H3. The number of ether oxygens (including phenoxy) is 1. The number of rotatable bonds is 5. The molecule has 2 aromatic carbocycles. The number of nitrogens with one attached hydrogen (secondary N) is 1. The van der Waals surface area contributed by atoms with Crippen LogP contribution in [-0.2, 0) is 13.0 Å². The van der Waals surface area contributed by atoms with Gasteiger partial charge in [-0.15, -0.1) is 0 Å². The first-order chi connectivity index (χ1) is 10.5. The van der Waals surface area contributed by atoms with Crippen LogP contribution in [-0.4, -0.2) is 12.2 Å². The van der Waals surface area contributed by atoms with Crippen molar-refractivity contribution < 1.29 is 9.84 Å². The van der Waals surface area contributed by atoms with Gasteiger partial charge in [-0.3, -0.25) is 0 Å². The Morgan fingerprint density at radius 3 is 2.27 bits per heavy atom. The van der Waals surface area contributed by atoms with Gasteiger partial charge in [0.15, 0.2) is 0 Å². The quantitative estimate of drug-likeness (QED) is 0.799. The van der Waals surface area contributed by atoms with Crippen LogP contribution in [0.15, 0.2) is 24.3 Å². The second kappa shape index (κ2) is 6.73. The average molecular weight is 299 g/mol. The summed E-state index contributed by atoms with van der Waals surface area (Å²) in [6.07, 6.45) is 0.952. The maximum Gasteiger partial charge on any atom is 0.138 e. The highest BCUT2D eigenvalue weighted by Crippen LogP contribution is 2.29. The van der Waals surface area contributed by atoms with E-state index < -0.39 is 0 Å². The largest absolute Gasteiger partial charge is 0.506 e. The van der Waals surface area contributed by atoms with Crippen LogP contribution in [0.25, 0.3) is 0 Å². The number of methoxy groups -OCH3 is 1. The number of aryl methyl sites for hydroxylation is 4. The number of aromatic hydroxyl groups is 1. The van der Waals surface area contributed by atoms with Gasteiger partial charge in [-0.2, -0.15) is 0 Å². The normalized spacial score (nSPS) is 10.6. The fourth-order valence-electron chi connectivity index (χ4n) is 2.63. The van der Waals surface area contributed by atoms with Crippen LogP contribution in [0.5, 0.6) is 11.5 Å². The van der Waals surface area contributed by atoms with E-state index in [1.807, 2.05) is 19.1 Å². The molecule has 0 amide bonds. The van der Waals surface area contributed by atoms with Crippen LogP contribution < -0.4 is 10.1 Å². The van der Waals surface area contributed by atoms with E-state index >= 15 is 0 Å². The maximum atomic E-state index is 10.1. The molecule has 118 valence electrons. The Morgan fingerprint density at radius 2 is 1.64 bits per heavy atom. The summed E-state index contributed by atoms with van der Waals surface area (Å²) in [7, 11) is 1.69. The van der Waals surface area contributed by atoms with Crippen molar-refractivity contribution in [2.75, 3.05) is 12.4 Å². The van der Waals surface area contributed by atoms with Gasteiger partial charge in [0.1, 0.15) is 11.5 Å². The lowest BCUT2D eigenvalue weighted by atomic mass is 10.0. The van der Waals surface area contributed by atoms with Crippen LogP contribution in [0, 0.1) is 20.8 Å². The van der Waals surface area contributed by atoms with Gasteiger partial charge in [-0.25, -0.2) is 0 Å². The van der Waals surface area contributed by atoms with Gasteiger partial charge < -0.3 is 15.2 Å². The molecule has 0 aliphatic carbocycles. The van der Waals surface area contributed by atoms with E-state index in [9.17, 15) is 5.11 Å². The first kappa shape index (κ1) is 16.2. The Kier molecular flexibility index (Phi) is 4.96. The molecule has 22 heavy (non-hydrogen) atoms. The zero-order valence-corrected chi connectivity index (χ0v) is 14.1. The Morgan fingerprint density at radius 1 is 0.955 bits per heavy atom. The van der Waals surface area contributed by atoms with Crippen molar-refractivity contribution in [2.24, 2.45) is 0 Å². The molecule has 0 saturated heterocycles. The van der Waals surface area contributed by atoms with E-state index in [4.69, 9.17) is 4.74 Å². The highest BCUT2D eigenvalue weighted by atomic mass is 16.5. The van der Waals surface area contributed by atoms with E-state index in [1.165, 1.54) is 16.7 Å². The summed E-state index contributed by atoms with van der Waals surface area (Å²) in [5.74, 6) is 1.16. The van der Waals surface area contributed by atoms with Crippen LogP contribution in [0.3, 0.4) is 0 Å². The average Bonchev–Trinajstić information content (AvgIpc) is 2.49. The van der Waals surface area contributed by atoms with Crippen LogP contribution in [0.2, 0.25) is 0 Å². The topological polar surface area (TPSA) is 41.5 Å². The highest BCUT2D eigenvalue weighted by Gasteiger charge is 2.09. The second-order valence-corrected chi connectivity index (χ2v) is 5.75. The molecule has 0 aromatic heterocycles. The van der Waals surface area contributed by atoms with Crippen LogP contribution in [0.4, 0.5) is 5.69 Å². The molecule has 0 bridgehead atoms. The third-order valence-electron chi connectivity index (χ3n) is 4.20. The third-order valence-corrected chi connectivity index (χ3v) is 4.20. The molecule has 0 unspecified atom stereocenters. The Bertz CT molecular complexity index is 678. The number of hydrogen-bond donors (Lipinski definition) is 2. The van der Waals surface area contributed by atoms with Crippen molar-refractivity contribution in [3.05, 3.63) is 52.1 Å². The fraction of sp³-hybridized carbons (Fsp3) is 0.368. The van der Waals surface area contributed by atoms with E-state index in [1.54, 1.807) is 7.11 Å². The monoisotopic (exact) mass is 299 g/mol. The van der Waals surface area contributed by atoms with Gasteiger partial charge >= 0.3 is 0 Å². The van der Waals surface area contributed by atoms with Gasteiger partial charge in [-0.05, 0) is 67.6 Å². The summed E-state index contributed by atoms with van der Waals surface area (Å²) in [4.78, 5) is 0. The van der Waals surface area contributed by atoms with Crippen LogP contribution in [0.1, 0.15) is 34.7 Å². The minimum Gasteiger partial charge on any atom is -0.506 e. The number of benzene rings is 2. The summed E-state index contributed by atoms with van der Waals surface area (Å²) in [5, 5.41) is 13.4. The molecule has 2 N–H and O–H groups in total. The Labute approximate surface area is 133 Å². The predicted octanol–water partition coefficient (Wildman–Crippen LogP) is 4.50. The highest BCUT2D eigenvalue weighted by molar-refractivity contribution is 5.60. The summed E-state index contributed by atoms with van der Waals surface area (Å²) in [6, 6.07) is 8.03. The van der Waals surface area contributed by atoms with Crippen molar-refractivity contribution in [1.29, 1.82) is 0 Å². The summed E-state index contributed by atoms with van der Waals surface area (Å²) < 4.78 is 5.46. The van der Waals surface area contributed by atoms with E-state index in [0.29, 0.717) is 6.54 Å². The number of anilines is 1. The van der Waals surface area contributed by atoms with E-state index in [0.717, 1.165) is 29.0 Å². The summed E-state index contributed by atoms with van der Waals surface area (Å²) in [6.45, 7) is 8.93. The van der Waals surface area contributed by atoms with Crippen LogP contribution >= 0.6 is 0 Å². The molecular weight excluding hydrogens is 274 g/mol. The molecule has 2 rings (SSSR count). The molecule has 0 spiro atoms. The zero-order valence-electron chi connectivity index (χ0n) is 14.1. The molecule has 0 heterocycles. The number of phenols is 1. The first-order valence-corrected chi connectivity index (χ1v) is 7.66. The number of phenolic OH excluding ortho intramolecular Hbond substituents is 1. The fourth-order valence-corrected chi connectivity index (χ4v) is 2.63. The Hall–Kier alpha value is -2.16. The van der Waals surface area contributed by atoms with Crippen molar-refractivity contribution in [3.63, 3.8) is 0 Å². The zero-order chi connectivity index (χ0) is 16.3. The maximum absolute atomic E-state index is 10.1. The molecule has 0 aliphatic rings. The third kappa shape index (κ3) is 3.35. The molecule has 2 aromatic rings. The molecule has 0 aliphatic heterocycles. The second-order valence-electron chi connectivity index (χ2n) is 5.75. The molecule has 3 heteroatoms. The van der Waals surface area contributed by atoms with Crippen molar-refractivity contribution in [3.8, 4) is 11.5 Å². The van der Waals surface area contributed by atoms with Crippen molar-refractivity contribution in [2.45, 2.75) is 40.7 Å². The Balaban J connectivity index is 2.25. The van der Waals surface area contributed by atoms with Crippen molar-refractivity contribution >= 4 is 5.69 Å². The molecule has 0 atom stereocenters. The molecule has 0 radical (unpaired) electrons. The number of hydrogen-bond acceptors (Lipinski definition) is 3. The molecular formula is C19H25NO2. The lowest BCUT2D eigenvalue weighted by Crippen LogP contribution is -2.04. The molecule has 3 nitrogen and oxygen atoms in total. The smallest absolute Gasteiger partial charge is 0.138 e. The van der Waals surface area contributed by atoms with E-state index in [2.05, 4.69) is 38.2 Å². The van der Waals surface area contributed by atoms with Gasteiger partial charge in [0.2, 0.25) is 0 Å². The molecule has 0 saturated carbocycles. The van der Waals surface area contributed by atoms with Crippen molar-refractivity contribution in [1.82, 2.24) is 0 Å². The van der Waals surface area contributed by atoms with Gasteiger partial charge in [0.25, 0.3) is 0 Å². The summed E-state index contributed by atoms with van der Waals surface area (Å²) >= 11 is 0. The predicted molar refractivity (Wildman–Crippen MR) is 92.0 cm³/mol. The van der Waals surface area contributed by atoms with Gasteiger partial charge in [-0.1, -0.05) is 13.0 Å². The first-order valence-electron chi connectivity index (χ1n) is 7.66. The summed E-state index contributed by atoms with van der Waals surface area (Å²) in [5.41, 5.74) is 6.67. The lowest BCUT2D eigenvalue weighted by molar-refractivity contribution is 0.410. The lowest BCUT2D eigenvalue weighted by Gasteiger charge is -2.15. The minimum absolute atomic E-state index is 0.289. The van der Waals surface area contributed by atoms with Gasteiger partial charge in [0.05, 0.1) is 12.8 Å². The van der Waals surface area contributed by atoms with Gasteiger partial charge in [0, 0.05) is 12.1 Å². The molecule has 0 fully saturated rings. The minimum atomic E-state index is 0.289.